The summed E-state index contributed by atoms with van der Waals surface area (Å²) in [5, 5.41) is 5.02. The highest BCUT2D eigenvalue weighted by molar-refractivity contribution is 6.05. The van der Waals surface area contributed by atoms with Crippen LogP contribution in [0, 0.1) is 0 Å². The Hall–Kier alpha value is -2.36. The minimum Gasteiger partial charge on any atom is -0.344 e. The normalized spacial score (nSPS) is 18.0. The van der Waals surface area contributed by atoms with Crippen LogP contribution in [0.5, 0.6) is 0 Å². The summed E-state index contributed by atoms with van der Waals surface area (Å²) in [4.78, 5) is 25.2. The molecule has 4 nitrogen and oxygen atoms in total. The lowest BCUT2D eigenvalue weighted by molar-refractivity contribution is -0.126. The van der Waals surface area contributed by atoms with Crippen LogP contribution in [-0.4, -0.2) is 24.9 Å². The first-order valence-electron chi connectivity index (χ1n) is 6.63. The van der Waals surface area contributed by atoms with Crippen molar-refractivity contribution in [2.45, 2.75) is 19.4 Å². The van der Waals surface area contributed by atoms with Gasteiger partial charge in [-0.05, 0) is 22.4 Å². The Morgan fingerprint density at radius 3 is 2.75 bits per heavy atom. The second-order valence-corrected chi connectivity index (χ2v) is 5.14. The predicted octanol–water partition coefficient (Wildman–Crippen LogP) is 1.86. The fraction of sp³-hybridized carbons (Fsp3) is 0.250. The summed E-state index contributed by atoms with van der Waals surface area (Å²) >= 11 is 0. The monoisotopic (exact) mass is 268 g/mol. The number of hydrogen-bond acceptors (Lipinski definition) is 2. The zero-order chi connectivity index (χ0) is 14.3. The van der Waals surface area contributed by atoms with Crippen LogP contribution >= 0.6 is 0 Å². The van der Waals surface area contributed by atoms with Crippen molar-refractivity contribution in [1.29, 1.82) is 0 Å². The van der Waals surface area contributed by atoms with E-state index in [0.717, 1.165) is 22.0 Å². The number of carbonyl (C=O) groups is 2. The number of amides is 2. The van der Waals surface area contributed by atoms with Crippen LogP contribution in [0.4, 0.5) is 5.69 Å². The lowest BCUT2D eigenvalue weighted by Crippen LogP contribution is -2.51. The summed E-state index contributed by atoms with van der Waals surface area (Å²) in [6.45, 7) is 1.44. The largest absolute Gasteiger partial charge is 0.344 e. The Balaban J connectivity index is 2.14. The van der Waals surface area contributed by atoms with E-state index in [2.05, 4.69) is 17.4 Å². The lowest BCUT2D eigenvalue weighted by atomic mass is 9.92. The molecule has 0 aliphatic carbocycles. The third-order valence-corrected chi connectivity index (χ3v) is 3.79. The molecular weight excluding hydrogens is 252 g/mol. The van der Waals surface area contributed by atoms with Gasteiger partial charge in [0, 0.05) is 26.1 Å². The molecule has 0 saturated carbocycles. The maximum absolute atomic E-state index is 12.3. The van der Waals surface area contributed by atoms with Gasteiger partial charge in [0.1, 0.15) is 6.04 Å². The van der Waals surface area contributed by atoms with Crippen molar-refractivity contribution < 1.29 is 9.59 Å². The molecule has 20 heavy (non-hydrogen) atoms. The van der Waals surface area contributed by atoms with Crippen LogP contribution in [0.2, 0.25) is 0 Å². The topological polar surface area (TPSA) is 49.4 Å². The molecule has 1 aliphatic heterocycles. The van der Waals surface area contributed by atoms with Crippen molar-refractivity contribution in [2.75, 3.05) is 11.9 Å². The van der Waals surface area contributed by atoms with Gasteiger partial charge in [0.25, 0.3) is 0 Å². The zero-order valence-electron chi connectivity index (χ0n) is 11.5. The third-order valence-electron chi connectivity index (χ3n) is 3.79. The number of likely N-dealkylation sites (N-methyl/N-ethyl adjacent to an activating group) is 1. The second kappa shape index (κ2) is 4.63. The molecule has 0 radical (unpaired) electrons. The van der Waals surface area contributed by atoms with Gasteiger partial charge in [0.15, 0.2) is 0 Å². The molecule has 0 aromatic heterocycles. The first-order valence-corrected chi connectivity index (χ1v) is 6.63. The second-order valence-electron chi connectivity index (χ2n) is 5.14. The number of nitrogens with one attached hydrogen (secondary N) is 1. The quantitative estimate of drug-likeness (QED) is 0.858. The van der Waals surface area contributed by atoms with E-state index in [4.69, 9.17) is 0 Å². The minimum absolute atomic E-state index is 0.0667. The molecule has 102 valence electrons. The van der Waals surface area contributed by atoms with Crippen LogP contribution in [0.15, 0.2) is 36.4 Å². The molecule has 4 heteroatoms. The Labute approximate surface area is 117 Å². The summed E-state index contributed by atoms with van der Waals surface area (Å²) in [6.07, 6.45) is 0.541. The van der Waals surface area contributed by atoms with Gasteiger partial charge in [-0.25, -0.2) is 0 Å². The molecule has 2 aromatic rings. The molecule has 1 unspecified atom stereocenters. The number of anilines is 1. The number of carbonyl (C=O) groups excluding carboxylic acids is 2. The highest BCUT2D eigenvalue weighted by atomic mass is 16.2. The van der Waals surface area contributed by atoms with Gasteiger partial charge < -0.3 is 10.2 Å². The molecule has 0 saturated heterocycles. The molecule has 0 spiro atoms. The lowest BCUT2D eigenvalue weighted by Gasteiger charge is -2.32. The van der Waals surface area contributed by atoms with Crippen LogP contribution in [0.25, 0.3) is 10.8 Å². The maximum Gasteiger partial charge on any atom is 0.249 e. The average Bonchev–Trinajstić information content (AvgIpc) is 2.43. The molecule has 1 aliphatic rings. The average molecular weight is 268 g/mol. The van der Waals surface area contributed by atoms with Gasteiger partial charge in [-0.2, -0.15) is 0 Å². The standard InChI is InChI=1S/C16H16N2O2/c1-10(19)17-14-9-13-12-6-4-3-5-11(12)7-8-15(13)18(2)16(14)20/h3-8,14H,9H2,1-2H3,(H,17,19). The van der Waals surface area contributed by atoms with Gasteiger partial charge in [0.05, 0.1) is 0 Å². The van der Waals surface area contributed by atoms with Gasteiger partial charge in [-0.15, -0.1) is 0 Å². The maximum atomic E-state index is 12.3. The Kier molecular flexibility index (Phi) is 2.93. The fourth-order valence-corrected chi connectivity index (χ4v) is 2.86. The number of nitrogens with zero attached hydrogens (tertiary/aromatic N) is 1. The molecule has 0 fully saturated rings. The Bertz CT molecular complexity index is 709. The smallest absolute Gasteiger partial charge is 0.249 e. The highest BCUT2D eigenvalue weighted by Crippen LogP contribution is 2.33. The third kappa shape index (κ3) is 1.93. The molecule has 2 aromatic carbocycles. The molecule has 1 atom stereocenters. The van der Waals surface area contributed by atoms with E-state index in [9.17, 15) is 9.59 Å². The van der Waals surface area contributed by atoms with Crippen molar-refractivity contribution in [2.24, 2.45) is 0 Å². The van der Waals surface area contributed by atoms with E-state index in [-0.39, 0.29) is 11.8 Å². The summed E-state index contributed by atoms with van der Waals surface area (Å²) in [6, 6.07) is 11.6. The highest BCUT2D eigenvalue weighted by Gasteiger charge is 2.31. The van der Waals surface area contributed by atoms with Gasteiger partial charge in [-0.1, -0.05) is 30.3 Å². The summed E-state index contributed by atoms with van der Waals surface area (Å²) in [7, 11) is 1.75. The zero-order valence-corrected chi connectivity index (χ0v) is 11.5. The number of benzene rings is 2. The van der Waals surface area contributed by atoms with Gasteiger partial charge >= 0.3 is 0 Å². The predicted molar refractivity (Wildman–Crippen MR) is 78.7 cm³/mol. The first kappa shape index (κ1) is 12.7. The summed E-state index contributed by atoms with van der Waals surface area (Å²) in [5.41, 5.74) is 2.04. The van der Waals surface area contributed by atoms with Crippen molar-refractivity contribution in [1.82, 2.24) is 5.32 Å². The number of rotatable bonds is 1. The van der Waals surface area contributed by atoms with Crippen molar-refractivity contribution in [3.63, 3.8) is 0 Å². The van der Waals surface area contributed by atoms with Gasteiger partial charge in [-0.3, -0.25) is 9.59 Å². The number of hydrogen-bond donors (Lipinski definition) is 1. The Morgan fingerprint density at radius 2 is 2.00 bits per heavy atom. The van der Waals surface area contributed by atoms with Gasteiger partial charge in [0.2, 0.25) is 11.8 Å². The first-order chi connectivity index (χ1) is 9.58. The van der Waals surface area contributed by atoms with Crippen LogP contribution < -0.4 is 10.2 Å². The molecule has 3 rings (SSSR count). The Morgan fingerprint density at radius 1 is 1.25 bits per heavy atom. The van der Waals surface area contributed by atoms with E-state index < -0.39 is 6.04 Å². The SMILES string of the molecule is CC(=O)NC1Cc2c(ccc3ccccc23)N(C)C1=O. The molecule has 1 N–H and O–H groups in total. The summed E-state index contributed by atoms with van der Waals surface area (Å²) < 4.78 is 0. The van der Waals surface area contributed by atoms with E-state index in [1.54, 1.807) is 11.9 Å². The fourth-order valence-electron chi connectivity index (χ4n) is 2.86. The van der Waals surface area contributed by atoms with Crippen molar-refractivity contribution >= 4 is 28.3 Å². The van der Waals surface area contributed by atoms with E-state index in [1.807, 2.05) is 24.3 Å². The molecule has 0 bridgehead atoms. The van der Waals surface area contributed by atoms with Crippen LogP contribution in [0.3, 0.4) is 0 Å². The molecular formula is C16H16N2O2. The number of fused-ring (bicyclic) bond motifs is 3. The molecule has 2 amide bonds. The van der Waals surface area contributed by atoms with Crippen LogP contribution in [-0.2, 0) is 16.0 Å². The van der Waals surface area contributed by atoms with Crippen molar-refractivity contribution in [3.8, 4) is 0 Å². The van der Waals surface area contributed by atoms with Crippen molar-refractivity contribution in [3.05, 3.63) is 42.0 Å². The minimum atomic E-state index is -0.476. The van der Waals surface area contributed by atoms with Crippen LogP contribution in [0.1, 0.15) is 12.5 Å². The van der Waals surface area contributed by atoms with E-state index in [0.29, 0.717) is 6.42 Å². The summed E-state index contributed by atoms with van der Waals surface area (Å²) in [5.74, 6) is -0.247. The van der Waals surface area contributed by atoms with E-state index in [1.165, 1.54) is 6.92 Å². The molecule has 1 heterocycles. The van der Waals surface area contributed by atoms with E-state index >= 15 is 0 Å².